The number of hydrogen-bond donors (Lipinski definition) is 0. The number of likely N-dealkylation sites (N-methyl/N-ethyl adjacent to an activating group) is 1. The molecule has 2 amide bonds. The van der Waals surface area contributed by atoms with Gasteiger partial charge >= 0.3 is 12.2 Å². The van der Waals surface area contributed by atoms with Crippen molar-refractivity contribution in [1.82, 2.24) is 9.80 Å². The molecule has 0 N–H and O–H groups in total. The largest absolute Gasteiger partial charge is 0.494 e. The van der Waals surface area contributed by atoms with Crippen molar-refractivity contribution < 1.29 is 28.5 Å². The van der Waals surface area contributed by atoms with Crippen LogP contribution in [0, 0.1) is 0 Å². The van der Waals surface area contributed by atoms with Crippen LogP contribution in [0.1, 0.15) is 59.9 Å². The first-order valence-corrected chi connectivity index (χ1v) is 13.9. The van der Waals surface area contributed by atoms with Crippen LogP contribution in [-0.4, -0.2) is 72.9 Å². The van der Waals surface area contributed by atoms with Crippen molar-refractivity contribution in [2.75, 3.05) is 33.4 Å². The van der Waals surface area contributed by atoms with Gasteiger partial charge in [-0.05, 0) is 64.4 Å². The molecule has 0 aliphatic carbocycles. The number of amides is 2. The molecule has 0 saturated heterocycles. The summed E-state index contributed by atoms with van der Waals surface area (Å²) in [6.07, 6.45) is 0.440. The zero-order valence-electron chi connectivity index (χ0n) is 25.0. The molecule has 2 rings (SSSR count). The predicted octanol–water partition coefficient (Wildman–Crippen LogP) is 6.83. The molecule has 0 radical (unpaired) electrons. The minimum absolute atomic E-state index is 0.188. The van der Waals surface area contributed by atoms with E-state index in [1.165, 1.54) is 0 Å². The van der Waals surface area contributed by atoms with E-state index in [9.17, 15) is 9.59 Å². The SMILES string of the molecule is CCC(=Nc1ccc(OCCC(C)N(CCN(CC)C(=O)OCc2ccccc2)C(=O)OC(C)(C)C)cc1)OC. The lowest BCUT2D eigenvalue weighted by Crippen LogP contribution is -2.47. The van der Waals surface area contributed by atoms with E-state index in [0.717, 1.165) is 11.3 Å². The predicted molar refractivity (Wildman–Crippen MR) is 157 cm³/mol. The molecule has 0 aliphatic heterocycles. The molecule has 0 aliphatic rings. The molecule has 220 valence electrons. The number of nitrogens with zero attached hydrogens (tertiary/aromatic N) is 3. The van der Waals surface area contributed by atoms with Crippen LogP contribution >= 0.6 is 0 Å². The summed E-state index contributed by atoms with van der Waals surface area (Å²) in [5.41, 5.74) is 1.06. The Balaban J connectivity index is 1.97. The highest BCUT2D eigenvalue weighted by atomic mass is 16.6. The molecule has 1 unspecified atom stereocenters. The first-order valence-electron chi connectivity index (χ1n) is 13.9. The van der Waals surface area contributed by atoms with E-state index >= 15 is 0 Å². The van der Waals surface area contributed by atoms with Gasteiger partial charge in [0.05, 0.1) is 19.4 Å². The molecule has 0 spiro atoms. The highest BCUT2D eigenvalue weighted by molar-refractivity contribution is 5.78. The fourth-order valence-corrected chi connectivity index (χ4v) is 3.76. The molecule has 0 aromatic heterocycles. The van der Waals surface area contributed by atoms with Crippen molar-refractivity contribution in [3.63, 3.8) is 0 Å². The average molecular weight is 556 g/mol. The Bertz CT molecular complexity index is 1060. The van der Waals surface area contributed by atoms with Crippen molar-refractivity contribution in [2.45, 2.75) is 72.6 Å². The molecule has 9 heteroatoms. The number of methoxy groups -OCH3 is 1. The first-order chi connectivity index (χ1) is 19.1. The van der Waals surface area contributed by atoms with Crippen molar-refractivity contribution >= 4 is 23.8 Å². The second-order valence-electron chi connectivity index (χ2n) is 10.3. The van der Waals surface area contributed by atoms with E-state index in [1.807, 2.05) is 96.1 Å². The second kappa shape index (κ2) is 16.4. The zero-order chi connectivity index (χ0) is 29.5. The molecule has 9 nitrogen and oxygen atoms in total. The summed E-state index contributed by atoms with van der Waals surface area (Å²) < 4.78 is 22.3. The van der Waals surface area contributed by atoms with Gasteiger partial charge in [-0.25, -0.2) is 14.6 Å². The Morgan fingerprint density at radius 2 is 1.62 bits per heavy atom. The summed E-state index contributed by atoms with van der Waals surface area (Å²) in [7, 11) is 1.61. The van der Waals surface area contributed by atoms with Crippen molar-refractivity contribution in [2.24, 2.45) is 4.99 Å². The molecule has 0 fully saturated rings. The fraction of sp³-hybridized carbons (Fsp3) is 0.516. The number of carbonyl (C=O) groups excluding carboxylic acids is 2. The number of ether oxygens (including phenoxy) is 4. The first kappa shape index (κ1) is 32.5. The van der Waals surface area contributed by atoms with Crippen LogP contribution in [0.15, 0.2) is 59.6 Å². The Labute approximate surface area is 239 Å². The molecular weight excluding hydrogens is 510 g/mol. The molecule has 0 bridgehead atoms. The lowest BCUT2D eigenvalue weighted by atomic mass is 10.2. The Kier molecular flexibility index (Phi) is 13.3. The Hall–Kier alpha value is -3.75. The van der Waals surface area contributed by atoms with Gasteiger partial charge in [0.15, 0.2) is 5.90 Å². The van der Waals surface area contributed by atoms with Crippen molar-refractivity contribution in [3.8, 4) is 5.75 Å². The minimum atomic E-state index is -0.644. The van der Waals surface area contributed by atoms with E-state index in [4.69, 9.17) is 18.9 Å². The summed E-state index contributed by atoms with van der Waals surface area (Å²) >= 11 is 0. The van der Waals surface area contributed by atoms with E-state index in [2.05, 4.69) is 4.99 Å². The molecule has 40 heavy (non-hydrogen) atoms. The van der Waals surface area contributed by atoms with Gasteiger partial charge in [-0.3, -0.25) is 0 Å². The van der Waals surface area contributed by atoms with Crippen LogP contribution < -0.4 is 4.74 Å². The third-order valence-corrected chi connectivity index (χ3v) is 6.05. The normalized spacial score (nSPS) is 12.3. The average Bonchev–Trinajstić information content (AvgIpc) is 2.93. The summed E-state index contributed by atoms with van der Waals surface area (Å²) in [6, 6.07) is 16.8. The van der Waals surface area contributed by atoms with E-state index in [-0.39, 0.29) is 12.6 Å². The minimum Gasteiger partial charge on any atom is -0.494 e. The summed E-state index contributed by atoms with van der Waals surface area (Å²) in [6.45, 7) is 13.0. The van der Waals surface area contributed by atoms with Crippen LogP contribution in [0.2, 0.25) is 0 Å². The van der Waals surface area contributed by atoms with Crippen LogP contribution in [0.5, 0.6) is 5.75 Å². The van der Waals surface area contributed by atoms with Crippen LogP contribution in [0.25, 0.3) is 0 Å². The van der Waals surface area contributed by atoms with Gasteiger partial charge in [-0.1, -0.05) is 37.3 Å². The lowest BCUT2D eigenvalue weighted by Gasteiger charge is -2.33. The van der Waals surface area contributed by atoms with Crippen molar-refractivity contribution in [3.05, 3.63) is 60.2 Å². The molecular formula is C31H45N3O6. The van der Waals surface area contributed by atoms with Crippen LogP contribution in [-0.2, 0) is 20.8 Å². The smallest absolute Gasteiger partial charge is 0.410 e. The summed E-state index contributed by atoms with van der Waals surface area (Å²) in [4.78, 5) is 33.5. The molecule has 0 heterocycles. The van der Waals surface area contributed by atoms with Gasteiger partial charge < -0.3 is 28.7 Å². The molecule has 2 aromatic carbocycles. The van der Waals surface area contributed by atoms with E-state index in [1.54, 1.807) is 16.9 Å². The van der Waals surface area contributed by atoms with Crippen LogP contribution in [0.4, 0.5) is 15.3 Å². The number of aliphatic imine (C=N–C) groups is 1. The summed E-state index contributed by atoms with van der Waals surface area (Å²) in [5, 5.41) is 0. The topological polar surface area (TPSA) is 89.9 Å². The van der Waals surface area contributed by atoms with Crippen molar-refractivity contribution in [1.29, 1.82) is 0 Å². The Morgan fingerprint density at radius 1 is 0.950 bits per heavy atom. The molecule has 2 aromatic rings. The number of benzene rings is 2. The monoisotopic (exact) mass is 555 g/mol. The van der Waals surface area contributed by atoms with E-state index in [0.29, 0.717) is 50.7 Å². The van der Waals surface area contributed by atoms with Gasteiger partial charge in [0.25, 0.3) is 0 Å². The standard InChI is InChI=1S/C31H45N3O6/c1-8-28(37-7)32-26-15-17-27(18-16-26)38-22-19-24(3)34(30(36)40-31(4,5)6)21-20-33(9-2)29(35)39-23-25-13-11-10-12-14-25/h10-18,24H,8-9,19-23H2,1-7H3. The van der Waals surface area contributed by atoms with Crippen LogP contribution in [0.3, 0.4) is 0 Å². The maximum atomic E-state index is 13.1. The van der Waals surface area contributed by atoms with Gasteiger partial charge in [-0.15, -0.1) is 0 Å². The number of rotatable bonds is 13. The third-order valence-electron chi connectivity index (χ3n) is 6.05. The third kappa shape index (κ3) is 11.6. The van der Waals surface area contributed by atoms with Gasteiger partial charge in [0.2, 0.25) is 0 Å². The number of hydrogen-bond acceptors (Lipinski definition) is 7. The molecule has 0 saturated carbocycles. The second-order valence-corrected chi connectivity index (χ2v) is 10.3. The van der Waals surface area contributed by atoms with E-state index < -0.39 is 17.8 Å². The van der Waals surface area contributed by atoms with Gasteiger partial charge in [-0.2, -0.15) is 0 Å². The maximum absolute atomic E-state index is 13.1. The quantitative estimate of drug-likeness (QED) is 0.199. The fourth-order valence-electron chi connectivity index (χ4n) is 3.76. The Morgan fingerprint density at radius 3 is 2.20 bits per heavy atom. The summed E-state index contributed by atoms with van der Waals surface area (Å²) in [5.74, 6) is 1.37. The lowest BCUT2D eigenvalue weighted by molar-refractivity contribution is 0.0131. The molecule has 1 atom stereocenters. The maximum Gasteiger partial charge on any atom is 0.410 e. The zero-order valence-corrected chi connectivity index (χ0v) is 25.0. The van der Waals surface area contributed by atoms with Gasteiger partial charge in [0, 0.05) is 38.5 Å². The van der Waals surface area contributed by atoms with Gasteiger partial charge in [0.1, 0.15) is 18.0 Å². The highest BCUT2D eigenvalue weighted by Gasteiger charge is 2.27. The highest BCUT2D eigenvalue weighted by Crippen LogP contribution is 2.20. The number of carbonyl (C=O) groups is 2.